The molecule has 0 spiro atoms. The molecule has 4 nitrogen and oxygen atoms in total. The average molecular weight is 357 g/mol. The number of unbranched alkanes of at least 4 members (excludes halogenated alkanes) is 10. The van der Waals surface area contributed by atoms with Crippen LogP contribution in [0.25, 0.3) is 0 Å². The van der Waals surface area contributed by atoms with Crippen LogP contribution < -0.4 is 0 Å². The lowest BCUT2D eigenvalue weighted by atomic mass is 9.93. The van der Waals surface area contributed by atoms with Gasteiger partial charge >= 0.3 is 5.97 Å². The predicted octanol–water partition coefficient (Wildman–Crippen LogP) is 5.93. The van der Waals surface area contributed by atoms with Crippen molar-refractivity contribution < 1.29 is 19.4 Å². The van der Waals surface area contributed by atoms with E-state index in [0.29, 0.717) is 19.6 Å². The van der Waals surface area contributed by atoms with Gasteiger partial charge in [-0.05, 0) is 6.42 Å². The second-order valence-corrected chi connectivity index (χ2v) is 8.51. The van der Waals surface area contributed by atoms with Gasteiger partial charge in [-0.1, -0.05) is 85.0 Å². The minimum Gasteiger partial charge on any atom is -0.481 e. The Balaban J connectivity index is 2.12. The van der Waals surface area contributed by atoms with Crippen LogP contribution in [0, 0.1) is 5.41 Å². The Morgan fingerprint density at radius 3 is 1.72 bits per heavy atom. The second-order valence-electron chi connectivity index (χ2n) is 8.51. The minimum absolute atomic E-state index is 0.0286. The van der Waals surface area contributed by atoms with E-state index in [2.05, 4.69) is 20.8 Å². The number of aliphatic carboxylic acids is 1. The normalized spacial score (nSPS) is 19.0. The molecule has 0 bridgehead atoms. The summed E-state index contributed by atoms with van der Waals surface area (Å²) in [5, 5.41) is 9.18. The SMILES string of the molecule is CCCCCCCCCCCCCC1(CC(=O)O)OCC(C)(C)CO1. The molecule has 0 unspecified atom stereocenters. The number of carbonyl (C=O) groups is 1. The molecule has 0 aromatic rings. The number of rotatable bonds is 14. The summed E-state index contributed by atoms with van der Waals surface area (Å²) < 4.78 is 11.8. The van der Waals surface area contributed by atoms with Crippen molar-refractivity contribution in [2.24, 2.45) is 5.41 Å². The fourth-order valence-corrected chi connectivity index (χ4v) is 3.36. The van der Waals surface area contributed by atoms with E-state index < -0.39 is 11.8 Å². The first-order valence-corrected chi connectivity index (χ1v) is 10.4. The summed E-state index contributed by atoms with van der Waals surface area (Å²) in [5.41, 5.74) is -0.0286. The Bertz CT molecular complexity index is 355. The van der Waals surface area contributed by atoms with Gasteiger partial charge in [0, 0.05) is 11.8 Å². The summed E-state index contributed by atoms with van der Waals surface area (Å²) in [6.45, 7) is 7.56. The van der Waals surface area contributed by atoms with E-state index >= 15 is 0 Å². The van der Waals surface area contributed by atoms with Crippen LogP contribution in [0.15, 0.2) is 0 Å². The van der Waals surface area contributed by atoms with Crippen molar-refractivity contribution in [2.75, 3.05) is 13.2 Å². The van der Waals surface area contributed by atoms with Crippen LogP contribution in [0.5, 0.6) is 0 Å². The van der Waals surface area contributed by atoms with Crippen molar-refractivity contribution in [3.8, 4) is 0 Å². The first-order valence-electron chi connectivity index (χ1n) is 10.4. The molecule has 0 amide bonds. The summed E-state index contributed by atoms with van der Waals surface area (Å²) in [5.74, 6) is -1.75. The molecule has 1 N–H and O–H groups in total. The quantitative estimate of drug-likeness (QED) is 0.392. The number of carboxylic acid groups (broad SMARTS) is 1. The highest BCUT2D eigenvalue weighted by molar-refractivity contribution is 5.67. The van der Waals surface area contributed by atoms with Crippen LogP contribution in [0.2, 0.25) is 0 Å². The van der Waals surface area contributed by atoms with Crippen LogP contribution in [0.3, 0.4) is 0 Å². The van der Waals surface area contributed by atoms with Crippen LogP contribution in [0.4, 0.5) is 0 Å². The molecule has 0 aromatic heterocycles. The topological polar surface area (TPSA) is 55.8 Å². The van der Waals surface area contributed by atoms with Gasteiger partial charge in [0.25, 0.3) is 0 Å². The van der Waals surface area contributed by atoms with Gasteiger partial charge in [0.1, 0.15) is 0 Å². The monoisotopic (exact) mass is 356 g/mol. The average Bonchev–Trinajstić information content (AvgIpc) is 2.55. The van der Waals surface area contributed by atoms with Gasteiger partial charge in [-0.15, -0.1) is 0 Å². The van der Waals surface area contributed by atoms with E-state index in [-0.39, 0.29) is 11.8 Å². The summed E-state index contributed by atoms with van der Waals surface area (Å²) in [6.07, 6.45) is 14.8. The highest BCUT2D eigenvalue weighted by Gasteiger charge is 2.41. The standard InChI is InChI=1S/C21H40O4/c1-4-5-6-7-8-9-10-11-12-13-14-15-21(16-19(22)23)24-17-20(2,3)18-25-21/h4-18H2,1-3H3,(H,22,23). The van der Waals surface area contributed by atoms with Crippen molar-refractivity contribution in [2.45, 2.75) is 110 Å². The molecule has 25 heavy (non-hydrogen) atoms. The molecule has 1 saturated heterocycles. The second kappa shape index (κ2) is 11.9. The summed E-state index contributed by atoms with van der Waals surface area (Å²) >= 11 is 0. The van der Waals surface area contributed by atoms with Gasteiger partial charge in [-0.3, -0.25) is 4.79 Å². The van der Waals surface area contributed by atoms with Gasteiger partial charge in [0.05, 0.1) is 19.6 Å². The van der Waals surface area contributed by atoms with Crippen molar-refractivity contribution in [1.29, 1.82) is 0 Å². The Morgan fingerprint density at radius 1 is 0.840 bits per heavy atom. The first-order chi connectivity index (χ1) is 11.9. The number of carboxylic acids is 1. The number of hydrogen-bond donors (Lipinski definition) is 1. The van der Waals surface area contributed by atoms with Crippen LogP contribution >= 0.6 is 0 Å². The van der Waals surface area contributed by atoms with Crippen molar-refractivity contribution in [1.82, 2.24) is 0 Å². The third-order valence-corrected chi connectivity index (χ3v) is 5.03. The third-order valence-electron chi connectivity index (χ3n) is 5.03. The molecule has 1 aliphatic heterocycles. The number of ether oxygens (including phenoxy) is 2. The van der Waals surface area contributed by atoms with Crippen molar-refractivity contribution in [3.05, 3.63) is 0 Å². The lowest BCUT2D eigenvalue weighted by Crippen LogP contribution is -2.48. The van der Waals surface area contributed by atoms with E-state index in [4.69, 9.17) is 9.47 Å². The van der Waals surface area contributed by atoms with E-state index in [1.54, 1.807) is 0 Å². The summed E-state index contributed by atoms with van der Waals surface area (Å²) in [7, 11) is 0. The van der Waals surface area contributed by atoms with Gasteiger partial charge in [-0.25, -0.2) is 0 Å². The van der Waals surface area contributed by atoms with Gasteiger partial charge in [-0.2, -0.15) is 0 Å². The smallest absolute Gasteiger partial charge is 0.308 e. The van der Waals surface area contributed by atoms with Gasteiger partial charge in [0.2, 0.25) is 0 Å². The molecular weight excluding hydrogens is 316 g/mol. The zero-order chi connectivity index (χ0) is 18.6. The molecule has 148 valence electrons. The van der Waals surface area contributed by atoms with E-state index in [0.717, 1.165) is 12.8 Å². The molecule has 1 fully saturated rings. The summed E-state index contributed by atoms with van der Waals surface area (Å²) in [4.78, 5) is 11.2. The molecule has 1 rings (SSSR count). The highest BCUT2D eigenvalue weighted by Crippen LogP contribution is 2.35. The lowest BCUT2D eigenvalue weighted by Gasteiger charge is -2.43. The number of hydrogen-bond acceptors (Lipinski definition) is 3. The molecule has 0 aliphatic carbocycles. The van der Waals surface area contributed by atoms with Gasteiger partial charge in [0.15, 0.2) is 5.79 Å². The molecule has 0 atom stereocenters. The van der Waals surface area contributed by atoms with Crippen molar-refractivity contribution >= 4 is 5.97 Å². The Kier molecular flexibility index (Phi) is 10.7. The fourth-order valence-electron chi connectivity index (χ4n) is 3.36. The maximum atomic E-state index is 11.2. The molecule has 1 heterocycles. The third kappa shape index (κ3) is 10.2. The van der Waals surface area contributed by atoms with Crippen LogP contribution in [-0.2, 0) is 14.3 Å². The molecular formula is C21H40O4. The first kappa shape index (κ1) is 22.4. The highest BCUT2D eigenvalue weighted by atomic mass is 16.7. The lowest BCUT2D eigenvalue weighted by molar-refractivity contribution is -0.303. The van der Waals surface area contributed by atoms with Crippen LogP contribution in [-0.4, -0.2) is 30.1 Å². The van der Waals surface area contributed by atoms with E-state index in [1.807, 2.05) is 0 Å². The molecule has 0 radical (unpaired) electrons. The molecule has 4 heteroatoms. The van der Waals surface area contributed by atoms with Gasteiger partial charge < -0.3 is 14.6 Å². The minimum atomic E-state index is -0.902. The predicted molar refractivity (Wildman–Crippen MR) is 102 cm³/mol. The molecule has 1 aliphatic rings. The van der Waals surface area contributed by atoms with E-state index in [9.17, 15) is 9.90 Å². The fraction of sp³-hybridized carbons (Fsp3) is 0.952. The molecule has 0 saturated carbocycles. The zero-order valence-electron chi connectivity index (χ0n) is 16.8. The maximum Gasteiger partial charge on any atom is 0.308 e. The maximum absolute atomic E-state index is 11.2. The Morgan fingerprint density at radius 2 is 1.28 bits per heavy atom. The summed E-state index contributed by atoms with van der Waals surface area (Å²) in [6, 6.07) is 0. The zero-order valence-corrected chi connectivity index (χ0v) is 16.8. The molecule has 0 aromatic carbocycles. The Labute approximate surface area is 154 Å². The van der Waals surface area contributed by atoms with Crippen LogP contribution in [0.1, 0.15) is 104 Å². The Hall–Kier alpha value is -0.610. The van der Waals surface area contributed by atoms with Crippen molar-refractivity contribution in [3.63, 3.8) is 0 Å². The largest absolute Gasteiger partial charge is 0.481 e. The van der Waals surface area contributed by atoms with E-state index in [1.165, 1.54) is 57.8 Å².